The molecule has 0 aliphatic heterocycles. The van der Waals surface area contributed by atoms with E-state index >= 15 is 0 Å². The Balaban J connectivity index is 1.68. The van der Waals surface area contributed by atoms with Crippen molar-refractivity contribution in [3.05, 3.63) is 59.2 Å². The summed E-state index contributed by atoms with van der Waals surface area (Å²) >= 11 is 0. The fourth-order valence-electron chi connectivity index (χ4n) is 3.14. The molecule has 1 aliphatic carbocycles. The van der Waals surface area contributed by atoms with Crippen LogP contribution < -0.4 is 15.8 Å². The highest BCUT2D eigenvalue weighted by molar-refractivity contribution is 7.89. The smallest absolute Gasteiger partial charge is 0.240 e. The summed E-state index contributed by atoms with van der Waals surface area (Å²) in [7, 11) is -2.03. The number of rotatable bonds is 5. The third-order valence-corrected chi connectivity index (χ3v) is 6.02. The first-order chi connectivity index (χ1) is 12.5. The number of anilines is 1. The summed E-state index contributed by atoms with van der Waals surface area (Å²) in [6, 6.07) is 12.9. The molecule has 26 heavy (non-hydrogen) atoms. The van der Waals surface area contributed by atoms with Gasteiger partial charge in [0.2, 0.25) is 10.0 Å². The first-order valence-corrected chi connectivity index (χ1v) is 10.2. The van der Waals surface area contributed by atoms with Crippen molar-refractivity contribution in [2.45, 2.75) is 37.1 Å². The fourth-order valence-corrected chi connectivity index (χ4v) is 3.87. The van der Waals surface area contributed by atoms with E-state index in [4.69, 9.17) is 5.73 Å². The summed E-state index contributed by atoms with van der Waals surface area (Å²) < 4.78 is 25.8. The van der Waals surface area contributed by atoms with Gasteiger partial charge in [0.25, 0.3) is 0 Å². The number of guanidine groups is 1. The number of nitrogens with zero attached hydrogens (tertiary/aromatic N) is 1. The Bertz CT molecular complexity index is 906. The van der Waals surface area contributed by atoms with E-state index in [0.717, 1.165) is 24.1 Å². The third-order valence-electron chi connectivity index (χ3n) is 4.59. The summed E-state index contributed by atoms with van der Waals surface area (Å²) in [5.41, 5.74) is 10.7. The molecule has 0 bridgehead atoms. The van der Waals surface area contributed by atoms with Crippen LogP contribution in [-0.4, -0.2) is 21.4 Å². The molecule has 0 saturated carbocycles. The molecular formula is C19H24N4O2S. The molecule has 3 rings (SSSR count). The molecule has 0 aromatic heterocycles. The molecule has 0 spiro atoms. The quantitative estimate of drug-likeness (QED) is 0.555. The van der Waals surface area contributed by atoms with Crippen LogP contribution in [0.4, 0.5) is 5.69 Å². The Kier molecular flexibility index (Phi) is 5.58. The molecule has 0 heterocycles. The van der Waals surface area contributed by atoms with Crippen molar-refractivity contribution in [2.75, 3.05) is 12.4 Å². The number of sulfonamides is 1. The second kappa shape index (κ2) is 7.88. The Morgan fingerprint density at radius 1 is 1.12 bits per heavy atom. The maximum Gasteiger partial charge on any atom is 0.240 e. The number of hydrogen-bond acceptors (Lipinski definition) is 3. The van der Waals surface area contributed by atoms with Crippen LogP contribution >= 0.6 is 0 Å². The number of aryl methyl sites for hydroxylation is 1. The fraction of sp³-hybridized carbons (Fsp3) is 0.316. The molecule has 0 saturated heterocycles. The van der Waals surface area contributed by atoms with Gasteiger partial charge in [-0.25, -0.2) is 18.1 Å². The van der Waals surface area contributed by atoms with Crippen molar-refractivity contribution in [3.8, 4) is 0 Å². The SMILES string of the molecule is CNS(=O)(=O)c1ccc(CN=C(N)Nc2cccc3c2CCCC3)cc1. The van der Waals surface area contributed by atoms with Gasteiger partial charge in [-0.1, -0.05) is 24.3 Å². The van der Waals surface area contributed by atoms with Gasteiger partial charge in [0, 0.05) is 5.69 Å². The molecule has 2 aromatic rings. The van der Waals surface area contributed by atoms with Crippen LogP contribution in [0.2, 0.25) is 0 Å². The van der Waals surface area contributed by atoms with Crippen molar-refractivity contribution in [2.24, 2.45) is 10.7 Å². The van der Waals surface area contributed by atoms with Crippen molar-refractivity contribution < 1.29 is 8.42 Å². The van der Waals surface area contributed by atoms with E-state index in [0.29, 0.717) is 12.5 Å². The third kappa shape index (κ3) is 4.23. The summed E-state index contributed by atoms with van der Waals surface area (Å²) in [5.74, 6) is 0.357. The predicted octanol–water partition coefficient (Wildman–Crippen LogP) is 2.40. The number of benzene rings is 2. The van der Waals surface area contributed by atoms with Crippen LogP contribution in [0.5, 0.6) is 0 Å². The Morgan fingerprint density at radius 3 is 2.58 bits per heavy atom. The molecular weight excluding hydrogens is 348 g/mol. The topological polar surface area (TPSA) is 96.6 Å². The first kappa shape index (κ1) is 18.4. The Morgan fingerprint density at radius 2 is 1.85 bits per heavy atom. The van der Waals surface area contributed by atoms with E-state index in [1.54, 1.807) is 24.3 Å². The van der Waals surface area contributed by atoms with Crippen molar-refractivity contribution in [1.82, 2.24) is 4.72 Å². The lowest BCUT2D eigenvalue weighted by molar-refractivity contribution is 0.588. The molecule has 0 amide bonds. The molecule has 0 radical (unpaired) electrons. The number of hydrogen-bond donors (Lipinski definition) is 3. The average molecular weight is 372 g/mol. The maximum absolute atomic E-state index is 11.7. The van der Waals surface area contributed by atoms with Crippen LogP contribution in [0.25, 0.3) is 0 Å². The zero-order valence-electron chi connectivity index (χ0n) is 14.8. The molecule has 1 aliphatic rings. The molecule has 7 heteroatoms. The molecule has 2 aromatic carbocycles. The normalized spacial score (nSPS) is 14.7. The van der Waals surface area contributed by atoms with Gasteiger partial charge in [-0.3, -0.25) is 0 Å². The van der Waals surface area contributed by atoms with Gasteiger partial charge in [-0.05, 0) is 67.6 Å². The van der Waals surface area contributed by atoms with Crippen molar-refractivity contribution in [3.63, 3.8) is 0 Å². The van der Waals surface area contributed by atoms with Crippen molar-refractivity contribution in [1.29, 1.82) is 0 Å². The second-order valence-electron chi connectivity index (χ2n) is 6.33. The summed E-state index contributed by atoms with van der Waals surface area (Å²) in [4.78, 5) is 4.60. The van der Waals surface area contributed by atoms with Crippen LogP contribution in [0.3, 0.4) is 0 Å². The zero-order valence-corrected chi connectivity index (χ0v) is 15.6. The summed E-state index contributed by atoms with van der Waals surface area (Å²) in [6.45, 7) is 0.383. The number of aliphatic imine (C=N–C) groups is 1. The van der Waals surface area contributed by atoms with Gasteiger partial charge < -0.3 is 11.1 Å². The highest BCUT2D eigenvalue weighted by atomic mass is 32.2. The minimum absolute atomic E-state index is 0.231. The minimum atomic E-state index is -3.42. The monoisotopic (exact) mass is 372 g/mol. The predicted molar refractivity (Wildman–Crippen MR) is 105 cm³/mol. The van der Waals surface area contributed by atoms with Gasteiger partial charge in [0.15, 0.2) is 5.96 Å². The standard InChI is InChI=1S/C19H24N4O2S/c1-21-26(24,25)16-11-9-14(10-12-16)13-22-19(20)23-18-8-4-6-15-5-2-3-7-17(15)18/h4,6,8-12,21H,2-3,5,7,13H2,1H3,(H3,20,22,23). The van der Waals surface area contributed by atoms with Crippen molar-refractivity contribution >= 4 is 21.7 Å². The summed E-state index contributed by atoms with van der Waals surface area (Å²) in [6.07, 6.45) is 4.61. The maximum atomic E-state index is 11.7. The number of fused-ring (bicyclic) bond motifs is 1. The Hall–Kier alpha value is -2.38. The number of nitrogens with one attached hydrogen (secondary N) is 2. The largest absolute Gasteiger partial charge is 0.370 e. The molecule has 0 unspecified atom stereocenters. The van der Waals surface area contributed by atoms with Crippen LogP contribution in [0, 0.1) is 0 Å². The molecule has 6 nitrogen and oxygen atoms in total. The first-order valence-electron chi connectivity index (χ1n) is 8.70. The lowest BCUT2D eigenvalue weighted by atomic mass is 9.90. The van der Waals surface area contributed by atoms with Gasteiger partial charge >= 0.3 is 0 Å². The highest BCUT2D eigenvalue weighted by Crippen LogP contribution is 2.27. The van der Waals surface area contributed by atoms with Gasteiger partial charge in [0.1, 0.15) is 0 Å². The molecule has 4 N–H and O–H groups in total. The van der Waals surface area contributed by atoms with Crippen LogP contribution in [0.1, 0.15) is 29.5 Å². The van der Waals surface area contributed by atoms with E-state index in [2.05, 4.69) is 21.1 Å². The van der Waals surface area contributed by atoms with Gasteiger partial charge in [0.05, 0.1) is 11.4 Å². The van der Waals surface area contributed by atoms with E-state index in [-0.39, 0.29) is 4.90 Å². The van der Waals surface area contributed by atoms with Gasteiger partial charge in [-0.2, -0.15) is 0 Å². The molecule has 0 atom stereocenters. The lowest BCUT2D eigenvalue weighted by Crippen LogP contribution is -2.24. The van der Waals surface area contributed by atoms with E-state index in [1.165, 1.54) is 31.0 Å². The zero-order chi connectivity index (χ0) is 18.6. The Labute approximate surface area is 154 Å². The lowest BCUT2D eigenvalue weighted by Gasteiger charge is -2.19. The second-order valence-corrected chi connectivity index (χ2v) is 8.21. The van der Waals surface area contributed by atoms with E-state index < -0.39 is 10.0 Å². The average Bonchev–Trinajstić information content (AvgIpc) is 2.67. The highest BCUT2D eigenvalue weighted by Gasteiger charge is 2.13. The van der Waals surface area contributed by atoms with E-state index in [9.17, 15) is 8.42 Å². The molecule has 0 fully saturated rings. The minimum Gasteiger partial charge on any atom is -0.370 e. The molecule has 138 valence electrons. The number of nitrogens with two attached hydrogens (primary N) is 1. The van der Waals surface area contributed by atoms with Crippen LogP contribution in [0.15, 0.2) is 52.4 Å². The van der Waals surface area contributed by atoms with Crippen LogP contribution in [-0.2, 0) is 29.4 Å². The van der Waals surface area contributed by atoms with Gasteiger partial charge in [-0.15, -0.1) is 0 Å². The summed E-state index contributed by atoms with van der Waals surface area (Å²) in [5, 5.41) is 3.21. The van der Waals surface area contributed by atoms with E-state index in [1.807, 2.05) is 12.1 Å².